The van der Waals surface area contributed by atoms with Gasteiger partial charge >= 0.3 is 0 Å². The first-order chi connectivity index (χ1) is 8.38. The van der Waals surface area contributed by atoms with E-state index >= 15 is 0 Å². The Kier molecular flexibility index (Phi) is 3.47. The summed E-state index contributed by atoms with van der Waals surface area (Å²) in [5.41, 5.74) is 0.712. The molecule has 0 radical (unpaired) electrons. The average molecular weight is 270 g/mol. The lowest BCUT2D eigenvalue weighted by Crippen LogP contribution is -2.34. The van der Waals surface area contributed by atoms with Crippen LogP contribution in [0.1, 0.15) is 19.3 Å². The van der Waals surface area contributed by atoms with Crippen LogP contribution in [0.4, 0.5) is 5.69 Å². The number of aryl methyl sites for hydroxylation is 1. The Hall–Kier alpha value is -1.30. The van der Waals surface area contributed by atoms with Gasteiger partial charge in [-0.15, -0.1) is 0 Å². The van der Waals surface area contributed by atoms with E-state index in [9.17, 15) is 13.2 Å². The second kappa shape index (κ2) is 4.76. The smallest absolute Gasteiger partial charge is 0.250 e. The molecule has 5 nitrogen and oxygen atoms in total. The van der Waals surface area contributed by atoms with Crippen molar-refractivity contribution in [3.8, 4) is 0 Å². The molecule has 2 unspecified atom stereocenters. The Balaban J connectivity index is 2.18. The summed E-state index contributed by atoms with van der Waals surface area (Å²) in [6.07, 6.45) is 5.46. The molecule has 0 bridgehead atoms. The number of nitrogens with one attached hydrogen (secondary N) is 1. The highest BCUT2D eigenvalue weighted by molar-refractivity contribution is 7.91. The number of aromatic nitrogens is 1. The van der Waals surface area contributed by atoms with Crippen molar-refractivity contribution in [3.63, 3.8) is 0 Å². The molecular weight excluding hydrogens is 252 g/mol. The molecule has 1 fully saturated rings. The standard InChI is InChI=1S/C12H18N2O3S/c1-14-8-9(6-7-12(14)15)13-10-4-3-5-11(10)18(2,16)17/h6-8,10-11,13H,3-5H2,1-2H3. The van der Waals surface area contributed by atoms with Gasteiger partial charge in [0, 0.05) is 31.6 Å². The lowest BCUT2D eigenvalue weighted by atomic mass is 10.2. The average Bonchev–Trinajstić information content (AvgIpc) is 2.71. The molecule has 1 heterocycles. The summed E-state index contributed by atoms with van der Waals surface area (Å²) in [4.78, 5) is 11.3. The van der Waals surface area contributed by atoms with E-state index in [0.29, 0.717) is 6.42 Å². The minimum atomic E-state index is -3.02. The topological polar surface area (TPSA) is 68.2 Å². The second-order valence-corrected chi connectivity index (χ2v) is 7.18. The third-order valence-electron chi connectivity index (χ3n) is 3.44. The van der Waals surface area contributed by atoms with Gasteiger partial charge in [-0.1, -0.05) is 0 Å². The Labute approximate surface area is 107 Å². The maximum Gasteiger partial charge on any atom is 0.250 e. The van der Waals surface area contributed by atoms with E-state index < -0.39 is 9.84 Å². The van der Waals surface area contributed by atoms with Crippen LogP contribution in [0.25, 0.3) is 0 Å². The van der Waals surface area contributed by atoms with Gasteiger partial charge in [0.1, 0.15) is 0 Å². The first-order valence-electron chi connectivity index (χ1n) is 6.00. The van der Waals surface area contributed by atoms with Gasteiger partial charge in [-0.05, 0) is 25.3 Å². The number of hydrogen-bond acceptors (Lipinski definition) is 4. The van der Waals surface area contributed by atoms with Crippen molar-refractivity contribution in [3.05, 3.63) is 28.7 Å². The highest BCUT2D eigenvalue weighted by atomic mass is 32.2. The van der Waals surface area contributed by atoms with E-state index in [1.54, 1.807) is 19.3 Å². The van der Waals surface area contributed by atoms with Crippen LogP contribution in [0.2, 0.25) is 0 Å². The van der Waals surface area contributed by atoms with Gasteiger partial charge < -0.3 is 9.88 Å². The SMILES string of the molecule is Cn1cc(NC2CCCC2S(C)(=O)=O)ccc1=O. The van der Waals surface area contributed by atoms with E-state index in [-0.39, 0.29) is 16.9 Å². The number of nitrogens with zero attached hydrogens (tertiary/aromatic N) is 1. The normalized spacial score (nSPS) is 24.1. The van der Waals surface area contributed by atoms with Gasteiger partial charge in [0.2, 0.25) is 5.56 Å². The molecule has 6 heteroatoms. The van der Waals surface area contributed by atoms with Crippen LogP contribution in [-0.4, -0.2) is 30.5 Å². The summed E-state index contributed by atoms with van der Waals surface area (Å²) in [6, 6.07) is 3.12. The summed E-state index contributed by atoms with van der Waals surface area (Å²) in [6.45, 7) is 0. The molecule has 0 spiro atoms. The third kappa shape index (κ3) is 2.75. The van der Waals surface area contributed by atoms with Gasteiger partial charge in [0.05, 0.1) is 10.9 Å². The summed E-state index contributed by atoms with van der Waals surface area (Å²) in [5.74, 6) is 0. The lowest BCUT2D eigenvalue weighted by molar-refractivity contribution is 0.579. The molecule has 0 saturated heterocycles. The molecule has 1 aliphatic rings. The molecular formula is C12H18N2O3S. The molecule has 1 aliphatic carbocycles. The number of anilines is 1. The molecule has 1 saturated carbocycles. The zero-order valence-corrected chi connectivity index (χ0v) is 11.4. The van der Waals surface area contributed by atoms with Crippen LogP contribution in [0, 0.1) is 0 Å². The fourth-order valence-electron chi connectivity index (χ4n) is 2.50. The van der Waals surface area contributed by atoms with E-state index in [0.717, 1.165) is 18.5 Å². The van der Waals surface area contributed by atoms with Crippen LogP contribution >= 0.6 is 0 Å². The predicted molar refractivity (Wildman–Crippen MR) is 71.6 cm³/mol. The summed E-state index contributed by atoms with van der Waals surface area (Å²) < 4.78 is 24.8. The fourth-order valence-corrected chi connectivity index (χ4v) is 3.89. The van der Waals surface area contributed by atoms with E-state index in [2.05, 4.69) is 5.32 Å². The molecule has 1 N–H and O–H groups in total. The van der Waals surface area contributed by atoms with Crippen molar-refractivity contribution in [2.45, 2.75) is 30.6 Å². The molecule has 18 heavy (non-hydrogen) atoms. The Morgan fingerprint density at radius 3 is 2.67 bits per heavy atom. The second-order valence-electron chi connectivity index (χ2n) is 4.92. The molecule has 100 valence electrons. The van der Waals surface area contributed by atoms with Crippen molar-refractivity contribution in [1.29, 1.82) is 0 Å². The first-order valence-corrected chi connectivity index (χ1v) is 7.95. The lowest BCUT2D eigenvalue weighted by Gasteiger charge is -2.20. The highest BCUT2D eigenvalue weighted by Crippen LogP contribution is 2.27. The largest absolute Gasteiger partial charge is 0.380 e. The van der Waals surface area contributed by atoms with Crippen molar-refractivity contribution in [1.82, 2.24) is 4.57 Å². The maximum atomic E-state index is 11.7. The van der Waals surface area contributed by atoms with E-state index in [1.165, 1.54) is 16.9 Å². The van der Waals surface area contributed by atoms with Crippen LogP contribution in [0.15, 0.2) is 23.1 Å². The minimum absolute atomic E-state index is 0.0579. The highest BCUT2D eigenvalue weighted by Gasteiger charge is 2.34. The Bertz CT molecular complexity index is 592. The number of sulfone groups is 1. The molecule has 1 aromatic rings. The van der Waals surface area contributed by atoms with Crippen molar-refractivity contribution in [2.24, 2.45) is 7.05 Å². The third-order valence-corrected chi connectivity index (χ3v) is 5.10. The monoisotopic (exact) mass is 270 g/mol. The number of rotatable bonds is 3. The molecule has 0 aliphatic heterocycles. The van der Waals surface area contributed by atoms with Gasteiger partial charge in [-0.3, -0.25) is 4.79 Å². The van der Waals surface area contributed by atoms with Crippen LogP contribution in [0.3, 0.4) is 0 Å². The fraction of sp³-hybridized carbons (Fsp3) is 0.583. The Morgan fingerprint density at radius 1 is 1.33 bits per heavy atom. The van der Waals surface area contributed by atoms with E-state index in [1.807, 2.05) is 0 Å². The summed E-state index contributed by atoms with van der Waals surface area (Å²) >= 11 is 0. The van der Waals surface area contributed by atoms with Gasteiger partial charge in [0.25, 0.3) is 0 Å². The zero-order valence-electron chi connectivity index (χ0n) is 10.6. The first kappa shape index (κ1) is 13.1. The molecule has 0 aromatic carbocycles. The maximum absolute atomic E-state index is 11.7. The van der Waals surface area contributed by atoms with Crippen molar-refractivity contribution in [2.75, 3.05) is 11.6 Å². The summed E-state index contributed by atoms with van der Waals surface area (Å²) in [7, 11) is -1.34. The van der Waals surface area contributed by atoms with Crippen LogP contribution < -0.4 is 10.9 Å². The number of hydrogen-bond donors (Lipinski definition) is 1. The predicted octanol–water partition coefficient (Wildman–Crippen LogP) is 0.763. The van der Waals surface area contributed by atoms with Gasteiger partial charge in [-0.25, -0.2) is 8.42 Å². The quantitative estimate of drug-likeness (QED) is 0.880. The zero-order chi connectivity index (χ0) is 13.3. The van der Waals surface area contributed by atoms with Crippen LogP contribution in [0.5, 0.6) is 0 Å². The van der Waals surface area contributed by atoms with Gasteiger partial charge in [0.15, 0.2) is 9.84 Å². The number of pyridine rings is 1. The molecule has 2 atom stereocenters. The van der Waals surface area contributed by atoms with Crippen molar-refractivity contribution >= 4 is 15.5 Å². The van der Waals surface area contributed by atoms with E-state index in [4.69, 9.17) is 0 Å². The summed E-state index contributed by atoms with van der Waals surface area (Å²) in [5, 5.41) is 2.90. The minimum Gasteiger partial charge on any atom is -0.380 e. The molecule has 1 aromatic heterocycles. The van der Waals surface area contributed by atoms with Crippen molar-refractivity contribution < 1.29 is 8.42 Å². The molecule has 0 amide bonds. The molecule has 2 rings (SSSR count). The van der Waals surface area contributed by atoms with Gasteiger partial charge in [-0.2, -0.15) is 0 Å². The van der Waals surface area contributed by atoms with Crippen LogP contribution in [-0.2, 0) is 16.9 Å². The Morgan fingerprint density at radius 2 is 2.06 bits per heavy atom.